The van der Waals surface area contributed by atoms with Crippen LogP contribution in [0.3, 0.4) is 0 Å². The quantitative estimate of drug-likeness (QED) is 0.685. The van der Waals surface area contributed by atoms with E-state index in [1.54, 1.807) is 0 Å². The van der Waals surface area contributed by atoms with E-state index >= 15 is 0 Å². The Morgan fingerprint density at radius 3 is 2.53 bits per heavy atom. The Labute approximate surface area is 120 Å². The fourth-order valence-electron chi connectivity index (χ4n) is 3.27. The topological polar surface area (TPSA) is 32.3 Å². The Morgan fingerprint density at radius 2 is 1.89 bits per heavy atom. The van der Waals surface area contributed by atoms with Crippen molar-refractivity contribution >= 4 is 0 Å². The van der Waals surface area contributed by atoms with Gasteiger partial charge in [0.15, 0.2) is 0 Å². The van der Waals surface area contributed by atoms with Crippen LogP contribution in [-0.4, -0.2) is 24.3 Å². The summed E-state index contributed by atoms with van der Waals surface area (Å²) in [5.41, 5.74) is 0.312. The summed E-state index contributed by atoms with van der Waals surface area (Å²) < 4.78 is 0. The minimum Gasteiger partial charge on any atom is -0.396 e. The van der Waals surface area contributed by atoms with E-state index in [-0.39, 0.29) is 0 Å². The lowest BCUT2D eigenvalue weighted by Crippen LogP contribution is -2.37. The highest BCUT2D eigenvalue weighted by atomic mass is 16.2. The fraction of sp³-hybridized carbons (Fsp3) is 1.00. The number of aliphatic hydroxyl groups is 1. The van der Waals surface area contributed by atoms with Crippen LogP contribution >= 0.6 is 0 Å². The minimum atomic E-state index is 0.312. The van der Waals surface area contributed by atoms with Crippen LogP contribution in [0.4, 0.5) is 0 Å². The molecular formula is C17H35NO. The van der Waals surface area contributed by atoms with Crippen molar-refractivity contribution in [3.05, 3.63) is 0 Å². The molecule has 2 atom stereocenters. The molecule has 0 aromatic heterocycles. The van der Waals surface area contributed by atoms with Crippen LogP contribution < -0.4 is 5.32 Å². The predicted molar refractivity (Wildman–Crippen MR) is 83.3 cm³/mol. The van der Waals surface area contributed by atoms with Gasteiger partial charge < -0.3 is 10.4 Å². The molecule has 1 rings (SSSR count). The molecule has 1 aliphatic carbocycles. The second kappa shape index (κ2) is 8.26. The lowest BCUT2D eigenvalue weighted by molar-refractivity contribution is 0.229. The molecule has 1 aliphatic rings. The zero-order valence-electron chi connectivity index (χ0n) is 13.5. The highest BCUT2D eigenvalue weighted by molar-refractivity contribution is 4.79. The number of nitrogens with one attached hydrogen (secondary N) is 1. The fourth-order valence-corrected chi connectivity index (χ4v) is 3.27. The lowest BCUT2D eigenvalue weighted by Gasteiger charge is -2.28. The average molecular weight is 269 g/mol. The maximum absolute atomic E-state index is 8.94. The predicted octanol–water partition coefficient (Wildman–Crippen LogP) is 3.98. The molecule has 0 heterocycles. The first-order chi connectivity index (χ1) is 8.94. The molecule has 0 aliphatic heterocycles. The Bertz CT molecular complexity index is 237. The normalized spacial score (nSPS) is 25.6. The first kappa shape index (κ1) is 17.0. The molecule has 2 N–H and O–H groups in total. The van der Waals surface area contributed by atoms with Crippen molar-refractivity contribution < 1.29 is 5.11 Å². The van der Waals surface area contributed by atoms with Crippen LogP contribution in [0.5, 0.6) is 0 Å². The smallest absolute Gasteiger partial charge is 0.0431 e. The van der Waals surface area contributed by atoms with Crippen LogP contribution in [0.2, 0.25) is 0 Å². The molecule has 0 spiro atoms. The molecule has 0 aromatic carbocycles. The molecule has 1 fully saturated rings. The van der Waals surface area contributed by atoms with E-state index in [9.17, 15) is 0 Å². The van der Waals surface area contributed by atoms with Crippen LogP contribution in [-0.2, 0) is 0 Å². The lowest BCUT2D eigenvalue weighted by atomic mass is 9.87. The van der Waals surface area contributed by atoms with Crippen LogP contribution in [0, 0.1) is 17.3 Å². The average Bonchev–Trinajstić information content (AvgIpc) is 2.59. The molecule has 1 saturated carbocycles. The third-order valence-electron chi connectivity index (χ3n) is 4.84. The summed E-state index contributed by atoms with van der Waals surface area (Å²) in [6.07, 6.45) is 8.93. The van der Waals surface area contributed by atoms with Gasteiger partial charge in [0.25, 0.3) is 0 Å². The van der Waals surface area contributed by atoms with Gasteiger partial charge >= 0.3 is 0 Å². The summed E-state index contributed by atoms with van der Waals surface area (Å²) in [4.78, 5) is 0. The van der Waals surface area contributed by atoms with Gasteiger partial charge in [0.1, 0.15) is 0 Å². The third-order valence-corrected chi connectivity index (χ3v) is 4.84. The van der Waals surface area contributed by atoms with Crippen molar-refractivity contribution in [1.82, 2.24) is 5.32 Å². The second-order valence-electron chi connectivity index (χ2n) is 7.58. The van der Waals surface area contributed by atoms with Gasteiger partial charge in [0.05, 0.1) is 0 Å². The molecule has 2 nitrogen and oxygen atoms in total. The van der Waals surface area contributed by atoms with E-state index in [1.807, 2.05) is 0 Å². The van der Waals surface area contributed by atoms with Crippen molar-refractivity contribution in [2.75, 3.05) is 13.2 Å². The first-order valence-corrected chi connectivity index (χ1v) is 8.29. The SMILES string of the molecule is CC(C)C1CCCC(NCC(C)(C)CCCO)CC1. The van der Waals surface area contributed by atoms with E-state index in [0.29, 0.717) is 12.0 Å². The van der Waals surface area contributed by atoms with Crippen molar-refractivity contribution in [2.45, 2.75) is 78.7 Å². The van der Waals surface area contributed by atoms with Gasteiger partial charge in [-0.25, -0.2) is 0 Å². The summed E-state index contributed by atoms with van der Waals surface area (Å²) in [7, 11) is 0. The number of hydrogen-bond acceptors (Lipinski definition) is 2. The minimum absolute atomic E-state index is 0.312. The van der Waals surface area contributed by atoms with Gasteiger partial charge in [-0.3, -0.25) is 0 Å². The standard InChI is InChI=1S/C17H35NO/c1-14(2)15-7-5-8-16(10-9-15)18-13-17(3,4)11-6-12-19/h14-16,18-19H,5-13H2,1-4H3. The van der Waals surface area contributed by atoms with Crippen LogP contribution in [0.15, 0.2) is 0 Å². The van der Waals surface area contributed by atoms with E-state index in [1.165, 1.54) is 32.1 Å². The number of aliphatic hydroxyl groups excluding tert-OH is 1. The van der Waals surface area contributed by atoms with Gasteiger partial charge in [-0.05, 0) is 49.4 Å². The van der Waals surface area contributed by atoms with Crippen LogP contribution in [0.1, 0.15) is 72.6 Å². The molecule has 0 radical (unpaired) electrons. The molecule has 0 saturated heterocycles. The number of rotatable bonds is 7. The Kier molecular flexibility index (Phi) is 7.38. The van der Waals surface area contributed by atoms with Gasteiger partial charge in [-0.2, -0.15) is 0 Å². The summed E-state index contributed by atoms with van der Waals surface area (Å²) in [6, 6.07) is 0.720. The van der Waals surface area contributed by atoms with Crippen LogP contribution in [0.25, 0.3) is 0 Å². The largest absolute Gasteiger partial charge is 0.396 e. The third kappa shape index (κ3) is 6.76. The molecule has 2 unspecified atom stereocenters. The second-order valence-corrected chi connectivity index (χ2v) is 7.58. The molecule has 19 heavy (non-hydrogen) atoms. The van der Waals surface area contributed by atoms with Crippen molar-refractivity contribution in [3.8, 4) is 0 Å². The van der Waals surface area contributed by atoms with Crippen molar-refractivity contribution in [2.24, 2.45) is 17.3 Å². The van der Waals surface area contributed by atoms with E-state index in [0.717, 1.165) is 37.3 Å². The van der Waals surface area contributed by atoms with Gasteiger partial charge in [0, 0.05) is 19.2 Å². The first-order valence-electron chi connectivity index (χ1n) is 8.29. The molecule has 0 amide bonds. The van der Waals surface area contributed by atoms with E-state index in [2.05, 4.69) is 33.0 Å². The zero-order chi connectivity index (χ0) is 14.3. The van der Waals surface area contributed by atoms with Gasteiger partial charge in [0.2, 0.25) is 0 Å². The summed E-state index contributed by atoms with van der Waals surface area (Å²) in [6.45, 7) is 10.8. The summed E-state index contributed by atoms with van der Waals surface area (Å²) in [5.74, 6) is 1.79. The maximum Gasteiger partial charge on any atom is 0.0431 e. The van der Waals surface area contributed by atoms with E-state index in [4.69, 9.17) is 5.11 Å². The molecule has 0 aromatic rings. The van der Waals surface area contributed by atoms with Crippen molar-refractivity contribution in [3.63, 3.8) is 0 Å². The Morgan fingerprint density at radius 1 is 1.16 bits per heavy atom. The molecule has 2 heteroatoms. The monoisotopic (exact) mass is 269 g/mol. The molecular weight excluding hydrogens is 234 g/mol. The highest BCUT2D eigenvalue weighted by Gasteiger charge is 2.23. The Hall–Kier alpha value is -0.0800. The van der Waals surface area contributed by atoms with E-state index < -0.39 is 0 Å². The van der Waals surface area contributed by atoms with Gasteiger partial charge in [-0.15, -0.1) is 0 Å². The molecule has 0 bridgehead atoms. The zero-order valence-corrected chi connectivity index (χ0v) is 13.5. The van der Waals surface area contributed by atoms with Crippen molar-refractivity contribution in [1.29, 1.82) is 0 Å². The molecule has 114 valence electrons. The summed E-state index contributed by atoms with van der Waals surface area (Å²) >= 11 is 0. The number of hydrogen-bond donors (Lipinski definition) is 2. The maximum atomic E-state index is 8.94. The Balaban J connectivity index is 2.29. The van der Waals surface area contributed by atoms with Gasteiger partial charge in [-0.1, -0.05) is 40.5 Å². The summed E-state index contributed by atoms with van der Waals surface area (Å²) in [5, 5.41) is 12.7. The highest BCUT2D eigenvalue weighted by Crippen LogP contribution is 2.29.